The number of benzene rings is 1. The third-order valence-corrected chi connectivity index (χ3v) is 3.93. The Bertz CT molecular complexity index is 384. The number of nitrogens with zero attached hydrogens (tertiary/aromatic N) is 1. The van der Waals surface area contributed by atoms with E-state index in [1.807, 2.05) is 0 Å². The average molecular weight is 232 g/mol. The van der Waals surface area contributed by atoms with Gasteiger partial charge in [0.05, 0.1) is 0 Å². The first-order valence-corrected chi connectivity index (χ1v) is 6.57. The standard InChI is InChI=1S/C15H24N2/c1-12-5-4-6-14(9-12)17-8-7-13(11-16)10-15(17,2)3/h4-6,9,13H,7-8,10-11,16H2,1-3H3. The molecule has 1 saturated heterocycles. The van der Waals surface area contributed by atoms with Crippen molar-refractivity contribution >= 4 is 5.69 Å². The van der Waals surface area contributed by atoms with E-state index in [2.05, 4.69) is 49.9 Å². The van der Waals surface area contributed by atoms with Crippen molar-refractivity contribution in [2.75, 3.05) is 18.0 Å². The van der Waals surface area contributed by atoms with Crippen molar-refractivity contribution in [3.63, 3.8) is 0 Å². The lowest BCUT2D eigenvalue weighted by molar-refractivity contribution is 0.279. The van der Waals surface area contributed by atoms with E-state index in [9.17, 15) is 0 Å². The molecule has 0 amide bonds. The van der Waals surface area contributed by atoms with Crippen LogP contribution in [0, 0.1) is 12.8 Å². The summed E-state index contributed by atoms with van der Waals surface area (Å²) in [4.78, 5) is 2.53. The van der Waals surface area contributed by atoms with Gasteiger partial charge < -0.3 is 10.6 Å². The fourth-order valence-corrected chi connectivity index (χ4v) is 3.01. The van der Waals surface area contributed by atoms with Crippen LogP contribution in [0.15, 0.2) is 24.3 Å². The van der Waals surface area contributed by atoms with Crippen LogP contribution in [0.25, 0.3) is 0 Å². The molecule has 1 unspecified atom stereocenters. The maximum absolute atomic E-state index is 5.81. The van der Waals surface area contributed by atoms with Crippen molar-refractivity contribution in [2.24, 2.45) is 11.7 Å². The van der Waals surface area contributed by atoms with Crippen LogP contribution in [0.1, 0.15) is 32.3 Å². The maximum atomic E-state index is 5.81. The van der Waals surface area contributed by atoms with Crippen LogP contribution in [0.4, 0.5) is 5.69 Å². The molecule has 94 valence electrons. The normalized spacial score (nSPS) is 23.8. The fraction of sp³-hybridized carbons (Fsp3) is 0.600. The first-order valence-electron chi connectivity index (χ1n) is 6.57. The van der Waals surface area contributed by atoms with E-state index in [1.54, 1.807) is 0 Å². The van der Waals surface area contributed by atoms with Crippen molar-refractivity contribution in [1.82, 2.24) is 0 Å². The Kier molecular flexibility index (Phi) is 3.43. The molecule has 1 atom stereocenters. The molecule has 2 rings (SSSR count). The van der Waals surface area contributed by atoms with Crippen molar-refractivity contribution < 1.29 is 0 Å². The maximum Gasteiger partial charge on any atom is 0.0373 e. The van der Waals surface area contributed by atoms with Gasteiger partial charge in [-0.05, 0) is 63.8 Å². The van der Waals surface area contributed by atoms with Crippen LogP contribution < -0.4 is 10.6 Å². The molecular formula is C15H24N2. The van der Waals surface area contributed by atoms with Gasteiger partial charge in [-0.1, -0.05) is 12.1 Å². The van der Waals surface area contributed by atoms with E-state index >= 15 is 0 Å². The lowest BCUT2D eigenvalue weighted by Gasteiger charge is -2.47. The Hall–Kier alpha value is -1.02. The molecule has 17 heavy (non-hydrogen) atoms. The lowest BCUT2D eigenvalue weighted by atomic mass is 9.82. The van der Waals surface area contributed by atoms with Crippen LogP contribution in [0.2, 0.25) is 0 Å². The van der Waals surface area contributed by atoms with Crippen molar-refractivity contribution in [3.05, 3.63) is 29.8 Å². The van der Waals surface area contributed by atoms with Gasteiger partial charge in [-0.15, -0.1) is 0 Å². The zero-order valence-corrected chi connectivity index (χ0v) is 11.2. The number of piperidine rings is 1. The molecule has 2 heteroatoms. The third kappa shape index (κ3) is 2.63. The first kappa shape index (κ1) is 12.4. The second-order valence-corrected chi connectivity index (χ2v) is 5.90. The molecule has 1 aromatic carbocycles. The monoisotopic (exact) mass is 232 g/mol. The van der Waals surface area contributed by atoms with Crippen LogP contribution in [-0.4, -0.2) is 18.6 Å². The summed E-state index contributed by atoms with van der Waals surface area (Å²) >= 11 is 0. The lowest BCUT2D eigenvalue weighted by Crippen LogP contribution is -2.51. The van der Waals surface area contributed by atoms with Gasteiger partial charge >= 0.3 is 0 Å². The predicted molar refractivity (Wildman–Crippen MR) is 74.4 cm³/mol. The molecule has 1 aliphatic heterocycles. The summed E-state index contributed by atoms with van der Waals surface area (Å²) in [6.45, 7) is 8.76. The second kappa shape index (κ2) is 4.69. The Morgan fingerprint density at radius 2 is 2.18 bits per heavy atom. The summed E-state index contributed by atoms with van der Waals surface area (Å²) in [5.74, 6) is 0.686. The van der Waals surface area contributed by atoms with E-state index in [-0.39, 0.29) is 5.54 Å². The van der Waals surface area contributed by atoms with E-state index < -0.39 is 0 Å². The highest BCUT2D eigenvalue weighted by Crippen LogP contribution is 2.35. The minimum atomic E-state index is 0.218. The molecular weight excluding hydrogens is 208 g/mol. The highest BCUT2D eigenvalue weighted by Gasteiger charge is 2.34. The minimum absolute atomic E-state index is 0.218. The molecule has 0 aromatic heterocycles. The summed E-state index contributed by atoms with van der Waals surface area (Å²) in [5, 5.41) is 0. The largest absolute Gasteiger partial charge is 0.366 e. The smallest absolute Gasteiger partial charge is 0.0373 e. The number of rotatable bonds is 2. The Morgan fingerprint density at radius 3 is 2.76 bits per heavy atom. The summed E-state index contributed by atoms with van der Waals surface area (Å²) in [6.07, 6.45) is 2.41. The molecule has 0 radical (unpaired) electrons. The number of hydrogen-bond acceptors (Lipinski definition) is 2. The summed E-state index contributed by atoms with van der Waals surface area (Å²) < 4.78 is 0. The number of nitrogens with two attached hydrogens (primary N) is 1. The zero-order chi connectivity index (χ0) is 12.5. The molecule has 2 nitrogen and oxygen atoms in total. The molecule has 0 bridgehead atoms. The SMILES string of the molecule is Cc1cccc(N2CCC(CN)CC2(C)C)c1. The van der Waals surface area contributed by atoms with E-state index in [0.29, 0.717) is 5.92 Å². The van der Waals surface area contributed by atoms with Crippen molar-refractivity contribution in [3.8, 4) is 0 Å². The van der Waals surface area contributed by atoms with Gasteiger partial charge in [0, 0.05) is 17.8 Å². The fourth-order valence-electron chi connectivity index (χ4n) is 3.01. The summed E-state index contributed by atoms with van der Waals surface area (Å²) in [5.41, 5.74) is 8.72. The van der Waals surface area contributed by atoms with Crippen LogP contribution >= 0.6 is 0 Å². The Balaban J connectivity index is 2.22. The molecule has 1 fully saturated rings. The minimum Gasteiger partial charge on any atom is -0.366 e. The quantitative estimate of drug-likeness (QED) is 0.849. The van der Waals surface area contributed by atoms with E-state index in [1.165, 1.54) is 24.1 Å². The van der Waals surface area contributed by atoms with E-state index in [0.717, 1.165) is 13.1 Å². The first-order chi connectivity index (χ1) is 8.03. The Morgan fingerprint density at radius 1 is 1.41 bits per heavy atom. The van der Waals surface area contributed by atoms with E-state index in [4.69, 9.17) is 5.73 Å². The predicted octanol–water partition coefficient (Wildman–Crippen LogP) is 2.95. The molecule has 1 aliphatic rings. The van der Waals surface area contributed by atoms with Gasteiger partial charge in [0.15, 0.2) is 0 Å². The van der Waals surface area contributed by atoms with Gasteiger partial charge in [0.25, 0.3) is 0 Å². The van der Waals surface area contributed by atoms with Crippen LogP contribution in [0.5, 0.6) is 0 Å². The number of aryl methyl sites for hydroxylation is 1. The van der Waals surface area contributed by atoms with Gasteiger partial charge in [0.1, 0.15) is 0 Å². The highest BCUT2D eigenvalue weighted by atomic mass is 15.2. The molecule has 1 heterocycles. The number of anilines is 1. The zero-order valence-electron chi connectivity index (χ0n) is 11.2. The number of hydrogen-bond donors (Lipinski definition) is 1. The van der Waals surface area contributed by atoms with Crippen LogP contribution in [0.3, 0.4) is 0 Å². The van der Waals surface area contributed by atoms with Crippen molar-refractivity contribution in [2.45, 2.75) is 39.2 Å². The van der Waals surface area contributed by atoms with Gasteiger partial charge in [-0.25, -0.2) is 0 Å². The molecule has 0 saturated carbocycles. The molecule has 0 aliphatic carbocycles. The molecule has 0 spiro atoms. The highest BCUT2D eigenvalue weighted by molar-refractivity contribution is 5.51. The van der Waals surface area contributed by atoms with Crippen LogP contribution in [-0.2, 0) is 0 Å². The summed E-state index contributed by atoms with van der Waals surface area (Å²) in [6, 6.07) is 8.81. The molecule has 2 N–H and O–H groups in total. The second-order valence-electron chi connectivity index (χ2n) is 5.90. The van der Waals surface area contributed by atoms with Gasteiger partial charge in [0.2, 0.25) is 0 Å². The third-order valence-electron chi connectivity index (χ3n) is 3.93. The topological polar surface area (TPSA) is 29.3 Å². The van der Waals surface area contributed by atoms with Crippen molar-refractivity contribution in [1.29, 1.82) is 0 Å². The Labute approximate surface area is 105 Å². The van der Waals surface area contributed by atoms with Gasteiger partial charge in [-0.2, -0.15) is 0 Å². The average Bonchev–Trinajstić information content (AvgIpc) is 2.27. The molecule has 1 aromatic rings. The van der Waals surface area contributed by atoms with Gasteiger partial charge in [-0.3, -0.25) is 0 Å². The summed E-state index contributed by atoms with van der Waals surface area (Å²) in [7, 11) is 0.